The van der Waals surface area contributed by atoms with Gasteiger partial charge in [-0.3, -0.25) is 0 Å². The molecule has 2 heterocycles. The van der Waals surface area contributed by atoms with Gasteiger partial charge < -0.3 is 14.5 Å². The molecule has 0 radical (unpaired) electrons. The van der Waals surface area contributed by atoms with E-state index in [0.29, 0.717) is 0 Å². The Morgan fingerprint density at radius 1 is 1.67 bits per heavy atom. The van der Waals surface area contributed by atoms with Crippen LogP contribution in [0, 0.1) is 0 Å². The van der Waals surface area contributed by atoms with E-state index in [1.807, 2.05) is 24.9 Å². The molecule has 1 N–H and O–H groups in total. The number of hydrogen-bond acceptors (Lipinski definition) is 4. The molecule has 0 spiro atoms. The summed E-state index contributed by atoms with van der Waals surface area (Å²) in [6.07, 6.45) is 1.89. The van der Waals surface area contributed by atoms with Gasteiger partial charge in [0.25, 0.3) is 0 Å². The van der Waals surface area contributed by atoms with E-state index in [1.165, 1.54) is 0 Å². The molecule has 15 heavy (non-hydrogen) atoms. The van der Waals surface area contributed by atoms with Crippen molar-refractivity contribution in [2.45, 2.75) is 12.1 Å². The number of likely N-dealkylation sites (N-methyl/N-ethyl adjacent to an activating group) is 1. The zero-order valence-electron chi connectivity index (χ0n) is 8.53. The number of hydrogen-bond donors (Lipinski definition) is 1. The molecule has 0 aromatic carbocycles. The van der Waals surface area contributed by atoms with Crippen molar-refractivity contribution in [3.63, 3.8) is 0 Å². The Balaban J connectivity index is 2.12. The molecule has 1 aromatic heterocycles. The predicted molar refractivity (Wildman–Crippen MR) is 65.3 cm³/mol. The first-order valence-electron chi connectivity index (χ1n) is 4.92. The topological polar surface area (TPSA) is 34.4 Å². The third kappa shape index (κ3) is 2.58. The standard InChI is InChI=1S/C10H14BrNO2S/c1-12-9(8-6-15-5-4-13-8)10-7(11)2-3-14-10/h2-3,8-9,12H,4-6H2,1H3. The molecular formula is C10H14BrNO2S. The summed E-state index contributed by atoms with van der Waals surface area (Å²) in [6, 6.07) is 2.04. The third-order valence-electron chi connectivity index (χ3n) is 2.45. The fourth-order valence-corrected chi connectivity index (χ4v) is 3.06. The van der Waals surface area contributed by atoms with Crippen LogP contribution >= 0.6 is 27.7 Å². The lowest BCUT2D eigenvalue weighted by molar-refractivity contribution is 0.0429. The molecule has 5 heteroatoms. The first-order valence-corrected chi connectivity index (χ1v) is 6.87. The second-order valence-corrected chi connectivity index (χ2v) is 5.39. The van der Waals surface area contributed by atoms with E-state index in [9.17, 15) is 0 Å². The highest BCUT2D eigenvalue weighted by Gasteiger charge is 2.28. The lowest BCUT2D eigenvalue weighted by Crippen LogP contribution is -2.36. The fourth-order valence-electron chi connectivity index (χ4n) is 1.71. The summed E-state index contributed by atoms with van der Waals surface area (Å²) in [4.78, 5) is 0. The SMILES string of the molecule is CNC(c1occc1Br)C1CSCCO1. The molecule has 0 aliphatic carbocycles. The van der Waals surface area contributed by atoms with Crippen LogP contribution in [0.1, 0.15) is 11.8 Å². The number of ether oxygens (including phenoxy) is 1. The Morgan fingerprint density at radius 2 is 2.53 bits per heavy atom. The van der Waals surface area contributed by atoms with Crippen molar-refractivity contribution in [1.82, 2.24) is 5.32 Å². The van der Waals surface area contributed by atoms with Crippen LogP contribution in [0.3, 0.4) is 0 Å². The molecule has 0 bridgehead atoms. The Hall–Kier alpha value is 0.0300. The Labute approximate surface area is 102 Å². The monoisotopic (exact) mass is 291 g/mol. The summed E-state index contributed by atoms with van der Waals surface area (Å²) >= 11 is 5.41. The molecule has 1 fully saturated rings. The maximum absolute atomic E-state index is 5.75. The van der Waals surface area contributed by atoms with Crippen LogP contribution in [0.15, 0.2) is 21.2 Å². The minimum Gasteiger partial charge on any atom is -0.466 e. The second kappa shape index (κ2) is 5.39. The van der Waals surface area contributed by atoms with E-state index in [0.717, 1.165) is 28.3 Å². The molecule has 84 valence electrons. The van der Waals surface area contributed by atoms with Gasteiger partial charge >= 0.3 is 0 Å². The molecule has 0 saturated carbocycles. The maximum Gasteiger partial charge on any atom is 0.137 e. The van der Waals surface area contributed by atoms with E-state index in [4.69, 9.17) is 9.15 Å². The van der Waals surface area contributed by atoms with Crippen LogP contribution in [-0.4, -0.2) is 31.3 Å². The molecular weight excluding hydrogens is 278 g/mol. The van der Waals surface area contributed by atoms with Crippen LogP contribution in [-0.2, 0) is 4.74 Å². The first kappa shape index (κ1) is 11.5. The van der Waals surface area contributed by atoms with Crippen molar-refractivity contribution in [3.05, 3.63) is 22.6 Å². The summed E-state index contributed by atoms with van der Waals surface area (Å²) in [5.74, 6) is 3.02. The Morgan fingerprint density at radius 3 is 3.07 bits per heavy atom. The molecule has 1 aliphatic rings. The van der Waals surface area contributed by atoms with E-state index in [-0.39, 0.29) is 12.1 Å². The van der Waals surface area contributed by atoms with Crippen LogP contribution in [0.2, 0.25) is 0 Å². The summed E-state index contributed by atoms with van der Waals surface area (Å²) in [6.45, 7) is 0.825. The van der Waals surface area contributed by atoms with Crippen molar-refractivity contribution < 1.29 is 9.15 Å². The van der Waals surface area contributed by atoms with Crippen LogP contribution in [0.5, 0.6) is 0 Å². The average molecular weight is 292 g/mol. The zero-order valence-corrected chi connectivity index (χ0v) is 10.9. The van der Waals surface area contributed by atoms with Crippen molar-refractivity contribution in [1.29, 1.82) is 0 Å². The zero-order chi connectivity index (χ0) is 10.7. The highest BCUT2D eigenvalue weighted by molar-refractivity contribution is 9.10. The number of furan rings is 1. The highest BCUT2D eigenvalue weighted by atomic mass is 79.9. The molecule has 2 unspecified atom stereocenters. The lowest BCUT2D eigenvalue weighted by atomic mass is 10.1. The fraction of sp³-hybridized carbons (Fsp3) is 0.600. The van der Waals surface area contributed by atoms with Gasteiger partial charge in [0.1, 0.15) is 5.76 Å². The summed E-state index contributed by atoms with van der Waals surface area (Å²) in [5.41, 5.74) is 0. The second-order valence-electron chi connectivity index (χ2n) is 3.38. The van der Waals surface area contributed by atoms with Crippen molar-refractivity contribution in [3.8, 4) is 0 Å². The molecule has 1 aromatic rings. The largest absolute Gasteiger partial charge is 0.466 e. The highest BCUT2D eigenvalue weighted by Crippen LogP contribution is 2.30. The molecule has 2 rings (SSSR count). The van der Waals surface area contributed by atoms with Gasteiger partial charge in [-0.25, -0.2) is 0 Å². The van der Waals surface area contributed by atoms with Crippen LogP contribution in [0.25, 0.3) is 0 Å². The van der Waals surface area contributed by atoms with Crippen LogP contribution in [0.4, 0.5) is 0 Å². The molecule has 1 saturated heterocycles. The predicted octanol–water partition coefficient (Wildman–Crippen LogP) is 2.43. The van der Waals surface area contributed by atoms with E-state index >= 15 is 0 Å². The minimum absolute atomic E-state index is 0.127. The van der Waals surface area contributed by atoms with Crippen molar-refractivity contribution >= 4 is 27.7 Å². The number of halogens is 1. The Bertz CT molecular complexity index is 312. The lowest BCUT2D eigenvalue weighted by Gasteiger charge is -2.28. The van der Waals surface area contributed by atoms with Gasteiger partial charge in [0, 0.05) is 11.5 Å². The van der Waals surface area contributed by atoms with Gasteiger partial charge in [0.2, 0.25) is 0 Å². The molecule has 3 nitrogen and oxygen atoms in total. The van der Waals surface area contributed by atoms with Gasteiger partial charge in [0.15, 0.2) is 0 Å². The van der Waals surface area contributed by atoms with Gasteiger partial charge in [-0.1, -0.05) is 0 Å². The Kier molecular flexibility index (Phi) is 4.13. The van der Waals surface area contributed by atoms with Crippen molar-refractivity contribution in [2.75, 3.05) is 25.2 Å². The van der Waals surface area contributed by atoms with Gasteiger partial charge in [-0.15, -0.1) is 0 Å². The van der Waals surface area contributed by atoms with E-state index in [2.05, 4.69) is 21.2 Å². The van der Waals surface area contributed by atoms with Gasteiger partial charge in [-0.05, 0) is 29.0 Å². The average Bonchev–Trinajstić information content (AvgIpc) is 2.68. The minimum atomic E-state index is 0.127. The summed E-state index contributed by atoms with van der Waals surface area (Å²) in [5, 5.41) is 3.25. The first-order chi connectivity index (χ1) is 7.33. The van der Waals surface area contributed by atoms with Gasteiger partial charge in [0.05, 0.1) is 29.5 Å². The molecule has 0 amide bonds. The maximum atomic E-state index is 5.75. The number of nitrogens with one attached hydrogen (secondary N) is 1. The van der Waals surface area contributed by atoms with Gasteiger partial charge in [-0.2, -0.15) is 11.8 Å². The summed E-state index contributed by atoms with van der Waals surface area (Å²) < 4.78 is 12.2. The van der Waals surface area contributed by atoms with Crippen molar-refractivity contribution in [2.24, 2.45) is 0 Å². The third-order valence-corrected chi connectivity index (χ3v) is 4.13. The number of thioether (sulfide) groups is 1. The summed E-state index contributed by atoms with van der Waals surface area (Å²) in [7, 11) is 1.93. The normalized spacial score (nSPS) is 24.0. The van der Waals surface area contributed by atoms with Crippen LogP contribution < -0.4 is 5.32 Å². The molecule has 2 atom stereocenters. The smallest absolute Gasteiger partial charge is 0.137 e. The quantitative estimate of drug-likeness (QED) is 0.928. The number of rotatable bonds is 3. The van der Waals surface area contributed by atoms with E-state index in [1.54, 1.807) is 6.26 Å². The van der Waals surface area contributed by atoms with E-state index < -0.39 is 0 Å². The molecule has 1 aliphatic heterocycles.